The van der Waals surface area contributed by atoms with Crippen molar-refractivity contribution in [3.8, 4) is 0 Å². The zero-order chi connectivity index (χ0) is 19.1. The third-order valence-electron chi connectivity index (χ3n) is 4.99. The van der Waals surface area contributed by atoms with Crippen molar-refractivity contribution in [3.63, 3.8) is 0 Å². The van der Waals surface area contributed by atoms with Gasteiger partial charge in [-0.2, -0.15) is 0 Å². The normalized spacial score (nSPS) is 14.0. The largest absolute Gasteiger partial charge is 0.303 e. The van der Waals surface area contributed by atoms with Gasteiger partial charge in [0.2, 0.25) is 0 Å². The molecule has 142 valence electrons. The maximum Gasteiger partial charge on any atom is 0.191 e. The Morgan fingerprint density at radius 3 is 2.82 bits per heavy atom. The molecule has 1 aliphatic rings. The summed E-state index contributed by atoms with van der Waals surface area (Å²) >= 11 is 4.86. The van der Waals surface area contributed by atoms with Gasteiger partial charge in [-0.15, -0.1) is 32.9 Å². The second-order valence-corrected chi connectivity index (χ2v) is 10.0. The highest BCUT2D eigenvalue weighted by molar-refractivity contribution is 7.99. The predicted octanol–water partition coefficient (Wildman–Crippen LogP) is 5.76. The van der Waals surface area contributed by atoms with Gasteiger partial charge in [0.25, 0.3) is 0 Å². The van der Waals surface area contributed by atoms with Crippen molar-refractivity contribution in [2.75, 3.05) is 5.75 Å². The summed E-state index contributed by atoms with van der Waals surface area (Å²) in [7, 11) is 0. The molecular weight excluding hydrogens is 406 g/mol. The van der Waals surface area contributed by atoms with E-state index in [1.165, 1.54) is 39.6 Å². The Morgan fingerprint density at radius 1 is 1.21 bits per heavy atom. The van der Waals surface area contributed by atoms with Crippen LogP contribution >= 0.6 is 34.4 Å². The molecule has 3 aromatic heterocycles. The Labute approximate surface area is 175 Å². The molecule has 4 aromatic rings. The van der Waals surface area contributed by atoms with Crippen molar-refractivity contribution in [2.24, 2.45) is 0 Å². The average molecular weight is 426 g/mol. The summed E-state index contributed by atoms with van der Waals surface area (Å²) in [5.41, 5.74) is 1.09. The molecule has 5 rings (SSSR count). The van der Waals surface area contributed by atoms with Gasteiger partial charge in [0.15, 0.2) is 10.9 Å². The fourth-order valence-electron chi connectivity index (χ4n) is 3.43. The van der Waals surface area contributed by atoms with Crippen LogP contribution in [0, 0.1) is 6.92 Å². The SMILES string of the molecule is Cc1c(C(=O)CSc2nnc(Cc3cccs3)n2C2CC2)sc2ccccc12. The van der Waals surface area contributed by atoms with Gasteiger partial charge < -0.3 is 4.57 Å². The number of carbonyl (C=O) groups excluding carboxylic acids is 1. The van der Waals surface area contributed by atoms with E-state index in [1.54, 1.807) is 22.7 Å². The highest BCUT2D eigenvalue weighted by atomic mass is 32.2. The van der Waals surface area contributed by atoms with Crippen molar-refractivity contribution in [2.45, 2.75) is 37.4 Å². The summed E-state index contributed by atoms with van der Waals surface area (Å²) in [5.74, 6) is 1.59. The molecule has 7 heteroatoms. The first-order valence-corrected chi connectivity index (χ1v) is 12.0. The first kappa shape index (κ1) is 18.1. The fourth-order valence-corrected chi connectivity index (χ4v) is 6.27. The number of Topliss-reactive ketones (excluding diaryl/α,β-unsaturated/α-hetero) is 1. The van der Waals surface area contributed by atoms with E-state index in [2.05, 4.69) is 44.4 Å². The number of thioether (sulfide) groups is 1. The minimum Gasteiger partial charge on any atom is -0.303 e. The molecule has 0 spiro atoms. The lowest BCUT2D eigenvalue weighted by Gasteiger charge is -2.08. The number of fused-ring (bicyclic) bond motifs is 1. The number of thiophene rings is 2. The highest BCUT2D eigenvalue weighted by Crippen LogP contribution is 2.39. The first-order valence-electron chi connectivity index (χ1n) is 9.31. The van der Waals surface area contributed by atoms with Crippen LogP contribution in [0.5, 0.6) is 0 Å². The summed E-state index contributed by atoms with van der Waals surface area (Å²) < 4.78 is 3.43. The third kappa shape index (κ3) is 3.43. The van der Waals surface area contributed by atoms with Crippen LogP contribution in [-0.4, -0.2) is 26.3 Å². The number of nitrogens with zero attached hydrogens (tertiary/aromatic N) is 3. The summed E-state index contributed by atoms with van der Waals surface area (Å²) in [5, 5.41) is 13.0. The van der Waals surface area contributed by atoms with Gasteiger partial charge in [0.1, 0.15) is 5.82 Å². The van der Waals surface area contributed by atoms with Gasteiger partial charge >= 0.3 is 0 Å². The van der Waals surface area contributed by atoms with E-state index in [0.717, 1.165) is 27.8 Å². The molecule has 0 atom stereocenters. The number of benzene rings is 1. The van der Waals surface area contributed by atoms with E-state index < -0.39 is 0 Å². The Kier molecular flexibility index (Phi) is 4.82. The molecule has 1 aromatic carbocycles. The summed E-state index contributed by atoms with van der Waals surface area (Å²) in [6.45, 7) is 2.04. The van der Waals surface area contributed by atoms with E-state index in [-0.39, 0.29) is 5.78 Å². The molecule has 1 aliphatic carbocycles. The van der Waals surface area contributed by atoms with Gasteiger partial charge in [0, 0.05) is 22.0 Å². The van der Waals surface area contributed by atoms with Gasteiger partial charge in [-0.25, -0.2) is 0 Å². The maximum absolute atomic E-state index is 12.9. The Bertz CT molecular complexity index is 1140. The first-order chi connectivity index (χ1) is 13.7. The van der Waals surface area contributed by atoms with Crippen LogP contribution in [0.15, 0.2) is 46.9 Å². The van der Waals surface area contributed by atoms with Crippen molar-refractivity contribution in [1.29, 1.82) is 0 Å². The van der Waals surface area contributed by atoms with Crippen LogP contribution in [0.4, 0.5) is 0 Å². The number of aryl methyl sites for hydroxylation is 1. The molecule has 0 bridgehead atoms. The van der Waals surface area contributed by atoms with Gasteiger partial charge in [-0.3, -0.25) is 4.79 Å². The van der Waals surface area contributed by atoms with Crippen LogP contribution in [-0.2, 0) is 6.42 Å². The van der Waals surface area contributed by atoms with Crippen molar-refractivity contribution in [1.82, 2.24) is 14.8 Å². The molecule has 0 amide bonds. The monoisotopic (exact) mass is 425 g/mol. The fraction of sp³-hybridized carbons (Fsp3) is 0.286. The lowest BCUT2D eigenvalue weighted by atomic mass is 10.1. The van der Waals surface area contributed by atoms with Crippen molar-refractivity contribution < 1.29 is 4.79 Å². The molecule has 1 fully saturated rings. The lowest BCUT2D eigenvalue weighted by Crippen LogP contribution is -2.06. The molecule has 28 heavy (non-hydrogen) atoms. The Balaban J connectivity index is 1.35. The zero-order valence-electron chi connectivity index (χ0n) is 15.4. The Morgan fingerprint density at radius 2 is 2.07 bits per heavy atom. The van der Waals surface area contributed by atoms with Crippen LogP contribution < -0.4 is 0 Å². The second-order valence-electron chi connectivity index (χ2n) is 7.02. The third-order valence-corrected chi connectivity index (χ3v) is 8.12. The van der Waals surface area contributed by atoms with Crippen LogP contribution in [0.3, 0.4) is 0 Å². The lowest BCUT2D eigenvalue weighted by molar-refractivity contribution is 0.102. The van der Waals surface area contributed by atoms with Crippen LogP contribution in [0.1, 0.15) is 44.8 Å². The summed E-state index contributed by atoms with van der Waals surface area (Å²) in [6, 6.07) is 12.9. The van der Waals surface area contributed by atoms with Gasteiger partial charge in [-0.1, -0.05) is 36.0 Å². The van der Waals surface area contributed by atoms with E-state index in [4.69, 9.17) is 0 Å². The van der Waals surface area contributed by atoms with E-state index in [9.17, 15) is 4.79 Å². The number of aromatic nitrogens is 3. The molecule has 0 saturated heterocycles. The highest BCUT2D eigenvalue weighted by Gasteiger charge is 2.30. The smallest absolute Gasteiger partial charge is 0.191 e. The van der Waals surface area contributed by atoms with Gasteiger partial charge in [0.05, 0.1) is 10.6 Å². The van der Waals surface area contributed by atoms with Crippen LogP contribution in [0.25, 0.3) is 10.1 Å². The molecule has 0 unspecified atom stereocenters. The second kappa shape index (κ2) is 7.46. The van der Waals surface area contributed by atoms with E-state index in [1.807, 2.05) is 19.1 Å². The molecule has 0 aliphatic heterocycles. The molecule has 0 radical (unpaired) electrons. The molecule has 3 heterocycles. The van der Waals surface area contributed by atoms with E-state index in [0.29, 0.717) is 11.8 Å². The number of hydrogen-bond donors (Lipinski definition) is 0. The number of ketones is 1. The average Bonchev–Trinajstić information content (AvgIpc) is 3.12. The topological polar surface area (TPSA) is 47.8 Å². The molecule has 0 N–H and O–H groups in total. The van der Waals surface area contributed by atoms with Crippen molar-refractivity contribution >= 4 is 50.3 Å². The minimum atomic E-state index is 0.175. The number of rotatable bonds is 7. The van der Waals surface area contributed by atoms with Crippen LogP contribution in [0.2, 0.25) is 0 Å². The maximum atomic E-state index is 12.9. The molecule has 4 nitrogen and oxygen atoms in total. The van der Waals surface area contributed by atoms with Gasteiger partial charge in [-0.05, 0) is 48.2 Å². The minimum absolute atomic E-state index is 0.175. The van der Waals surface area contributed by atoms with Crippen molar-refractivity contribution in [3.05, 3.63) is 62.9 Å². The quantitative estimate of drug-likeness (QED) is 0.279. The standard InChI is InChI=1S/C21H19N3OS3/c1-13-16-6-2-3-7-18(16)28-20(13)17(25)12-27-21-23-22-19(24(21)14-8-9-14)11-15-5-4-10-26-15/h2-7,10,14H,8-9,11-12H2,1H3. The number of carbonyl (C=O) groups is 1. The van der Waals surface area contributed by atoms with E-state index >= 15 is 0 Å². The number of hydrogen-bond acceptors (Lipinski definition) is 6. The Hall–Kier alpha value is -1.96. The molecule has 1 saturated carbocycles. The summed E-state index contributed by atoms with van der Waals surface area (Å²) in [6.07, 6.45) is 3.16. The predicted molar refractivity (Wildman–Crippen MR) is 117 cm³/mol. The molecular formula is C21H19N3OS3. The zero-order valence-corrected chi connectivity index (χ0v) is 17.9. The summed E-state index contributed by atoms with van der Waals surface area (Å²) in [4.78, 5) is 15.1.